The maximum atomic E-state index is 14.4. The van der Waals surface area contributed by atoms with E-state index in [1.165, 1.54) is 0 Å². The second-order valence-electron chi connectivity index (χ2n) is 16.5. The van der Waals surface area contributed by atoms with Crippen molar-refractivity contribution >= 4 is 28.4 Å². The molecule has 0 aromatic heterocycles. The van der Waals surface area contributed by atoms with E-state index in [1.54, 1.807) is 13.0 Å². The van der Waals surface area contributed by atoms with Crippen molar-refractivity contribution in [3.63, 3.8) is 0 Å². The minimum absolute atomic E-state index is 0.0270. The van der Waals surface area contributed by atoms with Crippen LogP contribution in [-0.4, -0.2) is 58.4 Å². The van der Waals surface area contributed by atoms with Gasteiger partial charge in [-0.3, -0.25) is 4.79 Å². The molecule has 0 aromatic carbocycles. The highest BCUT2D eigenvalue weighted by atomic mass is 28.4. The first-order valence-electron chi connectivity index (χ1n) is 16.2. The molecule has 8 heteroatoms. The first kappa shape index (κ1) is 37.9. The van der Waals surface area contributed by atoms with Gasteiger partial charge in [-0.1, -0.05) is 79.5 Å². The zero-order valence-electron chi connectivity index (χ0n) is 30.1. The number of esters is 1. The van der Waals surface area contributed by atoms with Crippen LogP contribution >= 0.6 is 0 Å². The molecule has 2 rings (SSSR count). The molecule has 0 bridgehead atoms. The van der Waals surface area contributed by atoms with Crippen molar-refractivity contribution in [2.24, 2.45) is 0 Å². The Balaban J connectivity index is 2.62. The van der Waals surface area contributed by atoms with Gasteiger partial charge in [0.1, 0.15) is 11.7 Å². The highest BCUT2D eigenvalue weighted by Gasteiger charge is 2.69. The monoisotopic (exact) mass is 634 g/mol. The van der Waals surface area contributed by atoms with E-state index >= 15 is 0 Å². The lowest BCUT2D eigenvalue weighted by Crippen LogP contribution is -2.51. The van der Waals surface area contributed by atoms with Gasteiger partial charge in [0.05, 0.1) is 12.7 Å². The number of rotatable bonds is 13. The van der Waals surface area contributed by atoms with Crippen molar-refractivity contribution < 1.29 is 27.9 Å². The van der Waals surface area contributed by atoms with E-state index in [0.717, 1.165) is 31.3 Å². The van der Waals surface area contributed by atoms with Gasteiger partial charge in [0.25, 0.3) is 0 Å². The van der Waals surface area contributed by atoms with Crippen LogP contribution in [-0.2, 0) is 27.9 Å². The molecule has 6 nitrogen and oxygen atoms in total. The first-order valence-corrected chi connectivity index (χ1v) is 22.1. The van der Waals surface area contributed by atoms with Crippen LogP contribution < -0.4 is 0 Å². The Morgan fingerprint density at radius 2 is 1.53 bits per heavy atom. The number of ketones is 1. The number of epoxide rings is 1. The van der Waals surface area contributed by atoms with Gasteiger partial charge in [0.15, 0.2) is 28.0 Å². The van der Waals surface area contributed by atoms with Crippen molar-refractivity contribution in [3.05, 3.63) is 34.9 Å². The van der Waals surface area contributed by atoms with E-state index in [2.05, 4.69) is 80.7 Å². The minimum atomic E-state index is -2.27. The number of ether oxygens (including phenoxy) is 2. The average molecular weight is 635 g/mol. The summed E-state index contributed by atoms with van der Waals surface area (Å²) in [5.74, 6) is -0.421. The van der Waals surface area contributed by atoms with E-state index in [9.17, 15) is 9.59 Å². The van der Waals surface area contributed by atoms with Crippen LogP contribution in [0.2, 0.25) is 36.3 Å². The van der Waals surface area contributed by atoms with Crippen LogP contribution in [0.3, 0.4) is 0 Å². The van der Waals surface area contributed by atoms with Crippen LogP contribution in [0, 0.1) is 0 Å². The first-order chi connectivity index (χ1) is 19.4. The molecule has 1 fully saturated rings. The van der Waals surface area contributed by atoms with Crippen LogP contribution in [0.1, 0.15) is 108 Å². The molecule has 43 heavy (non-hydrogen) atoms. The summed E-state index contributed by atoms with van der Waals surface area (Å²) in [6.07, 6.45) is 9.68. The van der Waals surface area contributed by atoms with Gasteiger partial charge < -0.3 is 18.3 Å². The van der Waals surface area contributed by atoms with Gasteiger partial charge >= 0.3 is 5.97 Å². The second kappa shape index (κ2) is 13.6. The lowest BCUT2D eigenvalue weighted by atomic mass is 9.78. The Morgan fingerprint density at radius 1 is 0.953 bits per heavy atom. The number of allylic oxidation sites excluding steroid dienone is 2. The van der Waals surface area contributed by atoms with E-state index in [4.69, 9.17) is 18.3 Å². The smallest absolute Gasteiger partial charge is 0.333 e. The molecule has 0 spiro atoms. The molecule has 1 aliphatic carbocycles. The molecule has 1 saturated heterocycles. The molecule has 246 valence electrons. The van der Waals surface area contributed by atoms with Crippen molar-refractivity contribution in [2.75, 3.05) is 6.61 Å². The number of unbranched alkanes of at least 4 members (excludes halogenated alkanes) is 3. The summed E-state index contributed by atoms with van der Waals surface area (Å²) >= 11 is 0. The number of fused-ring (bicyclic) bond motifs is 1. The topological polar surface area (TPSA) is 74.4 Å². The Hall–Kier alpha value is -1.33. The molecular weight excluding hydrogens is 573 g/mol. The van der Waals surface area contributed by atoms with E-state index in [0.29, 0.717) is 24.2 Å². The van der Waals surface area contributed by atoms with Crippen molar-refractivity contribution in [1.29, 1.82) is 0 Å². The van der Waals surface area contributed by atoms with Crippen molar-refractivity contribution in [2.45, 2.75) is 168 Å². The quantitative estimate of drug-likeness (QED) is 0.0661. The predicted molar refractivity (Wildman–Crippen MR) is 182 cm³/mol. The van der Waals surface area contributed by atoms with E-state index in [-0.39, 0.29) is 21.8 Å². The fourth-order valence-corrected chi connectivity index (χ4v) is 6.76. The second-order valence-corrected chi connectivity index (χ2v) is 26.1. The summed E-state index contributed by atoms with van der Waals surface area (Å²) < 4.78 is 25.9. The zero-order valence-corrected chi connectivity index (χ0v) is 32.1. The Morgan fingerprint density at radius 3 is 2.05 bits per heavy atom. The van der Waals surface area contributed by atoms with Gasteiger partial charge in [-0.25, -0.2) is 4.79 Å². The van der Waals surface area contributed by atoms with Gasteiger partial charge in [0, 0.05) is 17.6 Å². The number of Topliss-reactive ketones (excluding diaryl/α,β-unsaturated/α-hetero) is 1. The standard InChI is InChI=1S/C35H62O6Si2/c1-16-17-18-19-20-21-26-27(24-38-42(12,13)33(6,7)8)28(41-43(14,15)34(9,10)11)30-35(39-30,29(26)36)23-22-25(2)31(37)40-32(3,4)5/h20-22,28,30H,16-19,23-24H2,1-15H3/b21-20-,25-22+/t28-,30-,35+/m1/s1. The van der Waals surface area contributed by atoms with Gasteiger partial charge in [-0.05, 0) is 82.4 Å². The predicted octanol–water partition coefficient (Wildman–Crippen LogP) is 9.23. The number of hydrogen-bond donors (Lipinski definition) is 0. The SMILES string of the molecule is CCCCC/C=C\C1=C(CO[Si](C)(C)C(C)(C)C)[C@@H](O[Si](C)(C)C(C)(C)C)[C@H]2O[C@@]2(C/C=C(\C)C(=O)OC(C)(C)C)C1=O. The Kier molecular flexibility index (Phi) is 12.0. The number of hydrogen-bond acceptors (Lipinski definition) is 6. The Bertz CT molecular complexity index is 1110. The molecule has 0 saturated carbocycles. The summed E-state index contributed by atoms with van der Waals surface area (Å²) in [5, 5.41) is 0.00274. The molecule has 1 heterocycles. The van der Waals surface area contributed by atoms with Crippen molar-refractivity contribution in [3.8, 4) is 0 Å². The summed E-state index contributed by atoms with van der Waals surface area (Å²) in [7, 11) is -4.39. The third kappa shape index (κ3) is 9.35. The van der Waals surface area contributed by atoms with Gasteiger partial charge in [-0.15, -0.1) is 0 Å². The van der Waals surface area contributed by atoms with E-state index in [1.807, 2.05) is 26.8 Å². The fraction of sp³-hybridized carbons (Fsp3) is 0.771. The molecule has 3 atom stereocenters. The summed E-state index contributed by atoms with van der Waals surface area (Å²) in [6, 6.07) is 0. The molecule has 0 aromatic rings. The third-order valence-corrected chi connectivity index (χ3v) is 18.6. The number of carbonyl (C=O) groups excluding carboxylic acids is 2. The summed E-state index contributed by atoms with van der Waals surface area (Å²) in [4.78, 5) is 27.1. The molecular formula is C35H62O6Si2. The summed E-state index contributed by atoms with van der Waals surface area (Å²) in [6.45, 7) is 32.2. The van der Waals surface area contributed by atoms with Gasteiger partial charge in [0.2, 0.25) is 0 Å². The molecule has 0 unspecified atom stereocenters. The largest absolute Gasteiger partial charge is 0.457 e. The normalized spacial score (nSPS) is 24.1. The van der Waals surface area contributed by atoms with Crippen LogP contribution in [0.5, 0.6) is 0 Å². The fourth-order valence-electron chi connectivity index (χ4n) is 4.55. The summed E-state index contributed by atoms with van der Waals surface area (Å²) in [5.41, 5.74) is 0.373. The Labute approximate surface area is 265 Å². The van der Waals surface area contributed by atoms with Crippen LogP contribution in [0.15, 0.2) is 34.9 Å². The molecule has 0 amide bonds. The molecule has 0 radical (unpaired) electrons. The number of carbonyl (C=O) groups is 2. The third-order valence-electron chi connectivity index (χ3n) is 9.65. The highest BCUT2D eigenvalue weighted by Crippen LogP contribution is 2.53. The lowest BCUT2D eigenvalue weighted by Gasteiger charge is -2.42. The molecule has 2 aliphatic rings. The van der Waals surface area contributed by atoms with Crippen LogP contribution in [0.25, 0.3) is 0 Å². The molecule has 0 N–H and O–H groups in total. The zero-order chi connectivity index (χ0) is 33.2. The highest BCUT2D eigenvalue weighted by molar-refractivity contribution is 6.74. The molecule has 1 aliphatic heterocycles. The minimum Gasteiger partial charge on any atom is -0.457 e. The average Bonchev–Trinajstić information content (AvgIpc) is 3.58. The van der Waals surface area contributed by atoms with Crippen LogP contribution in [0.4, 0.5) is 0 Å². The lowest BCUT2D eigenvalue weighted by molar-refractivity contribution is -0.149. The van der Waals surface area contributed by atoms with Gasteiger partial charge in [-0.2, -0.15) is 0 Å². The maximum absolute atomic E-state index is 14.4. The maximum Gasteiger partial charge on any atom is 0.333 e. The van der Waals surface area contributed by atoms with Crippen molar-refractivity contribution in [1.82, 2.24) is 0 Å². The van der Waals surface area contributed by atoms with E-state index < -0.39 is 40.0 Å².